The number of rotatable bonds is 9. The molecule has 1 aromatic carbocycles. The third-order valence-electron chi connectivity index (χ3n) is 3.42. The summed E-state index contributed by atoms with van der Waals surface area (Å²) >= 11 is 0. The van der Waals surface area contributed by atoms with Gasteiger partial charge in [0.15, 0.2) is 0 Å². The second kappa shape index (κ2) is 8.80. The van der Waals surface area contributed by atoms with Crippen molar-refractivity contribution < 1.29 is 9.31 Å². The molecule has 1 heterocycles. The van der Waals surface area contributed by atoms with E-state index in [9.17, 15) is 0 Å². The van der Waals surface area contributed by atoms with E-state index in [0.717, 1.165) is 55.3 Å². The fourth-order valence-corrected chi connectivity index (χ4v) is 2.13. The van der Waals surface area contributed by atoms with E-state index in [2.05, 4.69) is 31.0 Å². The predicted molar refractivity (Wildman–Crippen MR) is 88.9 cm³/mol. The van der Waals surface area contributed by atoms with Crippen LogP contribution in [0.2, 0.25) is 0 Å². The molecule has 0 aliphatic carbocycles. The zero-order valence-corrected chi connectivity index (χ0v) is 13.0. The third kappa shape index (κ3) is 4.83. The summed E-state index contributed by atoms with van der Waals surface area (Å²) in [5, 5.41) is 1.12. The number of unbranched alkanes of at least 4 members (excludes halogenated alkanes) is 2. The van der Waals surface area contributed by atoms with Gasteiger partial charge in [-0.2, -0.15) is 0 Å². The number of hydrogen-bond acceptors (Lipinski definition) is 3. The van der Waals surface area contributed by atoms with Gasteiger partial charge in [0.25, 0.3) is 0 Å². The van der Waals surface area contributed by atoms with Crippen LogP contribution >= 0.6 is 0 Å². The first-order valence-corrected chi connectivity index (χ1v) is 7.93. The summed E-state index contributed by atoms with van der Waals surface area (Å²) in [4.78, 5) is 4.50. The number of fused-ring (bicyclic) bond motifs is 1. The quantitative estimate of drug-likeness (QED) is 0.521. The lowest BCUT2D eigenvalue weighted by Gasteiger charge is -2.15. The maximum absolute atomic E-state index is 5.90. The third-order valence-corrected chi connectivity index (χ3v) is 3.42. The van der Waals surface area contributed by atoms with Crippen LogP contribution in [-0.4, -0.2) is 25.3 Å². The largest absolute Gasteiger partial charge is 0.495 e. The number of pyridine rings is 1. The van der Waals surface area contributed by atoms with Crippen LogP contribution in [-0.2, 0) is 9.31 Å². The first-order valence-electron chi connectivity index (χ1n) is 7.93. The normalized spacial score (nSPS) is 11.0. The second-order valence-corrected chi connectivity index (χ2v) is 5.24. The fraction of sp³-hybridized carbons (Fsp3) is 0.471. The van der Waals surface area contributed by atoms with Crippen LogP contribution in [0.25, 0.3) is 10.9 Å². The van der Waals surface area contributed by atoms with Gasteiger partial charge in [0.1, 0.15) is 0 Å². The Bertz CT molecular complexity index is 537. The number of nitrogens with zero attached hydrogens (tertiary/aromatic N) is 1. The summed E-state index contributed by atoms with van der Waals surface area (Å²) in [7, 11) is -0.305. The summed E-state index contributed by atoms with van der Waals surface area (Å²) in [6.45, 7) is 5.77. The van der Waals surface area contributed by atoms with Crippen molar-refractivity contribution in [3.8, 4) is 0 Å². The van der Waals surface area contributed by atoms with Crippen LogP contribution in [0, 0.1) is 0 Å². The molecule has 0 aliphatic heterocycles. The molecular formula is C17H24BNO2. The molecule has 0 aliphatic rings. The van der Waals surface area contributed by atoms with Gasteiger partial charge in [0.05, 0.1) is 5.52 Å². The number of benzene rings is 1. The molecule has 2 rings (SSSR count). The Labute approximate surface area is 127 Å². The number of para-hydroxylation sites is 1. The molecule has 2 aromatic rings. The van der Waals surface area contributed by atoms with Crippen molar-refractivity contribution in [1.82, 2.24) is 4.98 Å². The van der Waals surface area contributed by atoms with Gasteiger partial charge in [0, 0.05) is 24.9 Å². The first kappa shape index (κ1) is 16.0. The molecule has 112 valence electrons. The fourth-order valence-electron chi connectivity index (χ4n) is 2.13. The van der Waals surface area contributed by atoms with Crippen molar-refractivity contribution in [2.24, 2.45) is 0 Å². The van der Waals surface area contributed by atoms with Crippen molar-refractivity contribution in [2.45, 2.75) is 39.5 Å². The first-order chi connectivity index (χ1) is 10.3. The van der Waals surface area contributed by atoms with Crippen LogP contribution in [0.5, 0.6) is 0 Å². The summed E-state index contributed by atoms with van der Waals surface area (Å²) in [6.07, 6.45) is 6.21. The van der Waals surface area contributed by atoms with Gasteiger partial charge in [-0.05, 0) is 24.3 Å². The molecule has 0 saturated heterocycles. The lowest BCUT2D eigenvalue weighted by atomic mass is 9.79. The van der Waals surface area contributed by atoms with Crippen molar-refractivity contribution in [2.75, 3.05) is 13.2 Å². The SMILES string of the molecule is CCCCOB(OCCCC)c1cnc2ccccc2c1. The molecule has 0 unspecified atom stereocenters. The standard InChI is InChI=1S/C17H24BNO2/c1-3-5-11-20-18(21-12-6-4-2)16-13-15-9-7-8-10-17(15)19-14-16/h7-10,13-14H,3-6,11-12H2,1-2H3. The van der Waals surface area contributed by atoms with Gasteiger partial charge in [-0.1, -0.05) is 51.0 Å². The van der Waals surface area contributed by atoms with Crippen molar-refractivity contribution in [3.63, 3.8) is 0 Å². The van der Waals surface area contributed by atoms with Gasteiger partial charge < -0.3 is 9.31 Å². The molecule has 0 atom stereocenters. The summed E-state index contributed by atoms with van der Waals surface area (Å²) in [5.74, 6) is 0. The van der Waals surface area contributed by atoms with E-state index in [1.807, 2.05) is 24.4 Å². The number of hydrogen-bond donors (Lipinski definition) is 0. The topological polar surface area (TPSA) is 31.4 Å². The maximum Gasteiger partial charge on any atom is 0.495 e. The zero-order chi connectivity index (χ0) is 14.9. The van der Waals surface area contributed by atoms with Crippen LogP contribution < -0.4 is 5.46 Å². The van der Waals surface area contributed by atoms with Gasteiger partial charge in [-0.3, -0.25) is 4.98 Å². The molecule has 0 fully saturated rings. The Hall–Kier alpha value is -1.39. The van der Waals surface area contributed by atoms with Gasteiger partial charge in [-0.25, -0.2) is 0 Å². The van der Waals surface area contributed by atoms with E-state index in [-0.39, 0.29) is 7.12 Å². The lowest BCUT2D eigenvalue weighted by molar-refractivity contribution is 0.202. The zero-order valence-electron chi connectivity index (χ0n) is 13.0. The molecule has 21 heavy (non-hydrogen) atoms. The van der Waals surface area contributed by atoms with Crippen LogP contribution in [0.15, 0.2) is 36.5 Å². The van der Waals surface area contributed by atoms with E-state index < -0.39 is 0 Å². The molecular weight excluding hydrogens is 261 g/mol. The molecule has 0 N–H and O–H groups in total. The molecule has 4 heteroatoms. The highest BCUT2D eigenvalue weighted by Crippen LogP contribution is 2.09. The Balaban J connectivity index is 2.11. The van der Waals surface area contributed by atoms with Crippen LogP contribution in [0.3, 0.4) is 0 Å². The smallest absolute Gasteiger partial charge is 0.407 e. The minimum Gasteiger partial charge on any atom is -0.407 e. The average molecular weight is 285 g/mol. The molecule has 0 spiro atoms. The lowest BCUT2D eigenvalue weighted by Crippen LogP contribution is -2.38. The molecule has 0 saturated carbocycles. The van der Waals surface area contributed by atoms with E-state index in [1.165, 1.54) is 0 Å². The van der Waals surface area contributed by atoms with E-state index in [4.69, 9.17) is 9.31 Å². The maximum atomic E-state index is 5.90. The summed E-state index contributed by atoms with van der Waals surface area (Å²) in [5.41, 5.74) is 2.00. The minimum absolute atomic E-state index is 0.305. The highest BCUT2D eigenvalue weighted by atomic mass is 16.6. The predicted octanol–water partition coefficient (Wildman–Crippen LogP) is 3.56. The monoisotopic (exact) mass is 285 g/mol. The van der Waals surface area contributed by atoms with E-state index in [1.54, 1.807) is 0 Å². The average Bonchev–Trinajstić information content (AvgIpc) is 2.53. The second-order valence-electron chi connectivity index (χ2n) is 5.24. The van der Waals surface area contributed by atoms with Gasteiger partial charge >= 0.3 is 7.12 Å². The van der Waals surface area contributed by atoms with Crippen LogP contribution in [0.4, 0.5) is 0 Å². The Morgan fingerprint density at radius 2 is 1.67 bits per heavy atom. The molecule has 1 aromatic heterocycles. The molecule has 3 nitrogen and oxygen atoms in total. The van der Waals surface area contributed by atoms with E-state index in [0.29, 0.717) is 0 Å². The Kier molecular flexibility index (Phi) is 6.70. The van der Waals surface area contributed by atoms with Gasteiger partial charge in [0.2, 0.25) is 0 Å². The summed E-state index contributed by atoms with van der Waals surface area (Å²) < 4.78 is 11.8. The Morgan fingerprint density at radius 3 is 2.33 bits per heavy atom. The molecule has 0 bridgehead atoms. The van der Waals surface area contributed by atoms with Crippen LogP contribution in [0.1, 0.15) is 39.5 Å². The molecule has 0 radical (unpaired) electrons. The highest BCUT2D eigenvalue weighted by molar-refractivity contribution is 6.61. The van der Waals surface area contributed by atoms with Gasteiger partial charge in [-0.15, -0.1) is 0 Å². The van der Waals surface area contributed by atoms with Crippen molar-refractivity contribution >= 4 is 23.5 Å². The van der Waals surface area contributed by atoms with Crippen molar-refractivity contribution in [1.29, 1.82) is 0 Å². The molecule has 0 amide bonds. The van der Waals surface area contributed by atoms with Crippen molar-refractivity contribution in [3.05, 3.63) is 36.5 Å². The minimum atomic E-state index is -0.305. The Morgan fingerprint density at radius 1 is 1.00 bits per heavy atom. The highest BCUT2D eigenvalue weighted by Gasteiger charge is 2.21. The summed E-state index contributed by atoms with van der Waals surface area (Å²) in [6, 6.07) is 10.2. The number of aromatic nitrogens is 1. The van der Waals surface area contributed by atoms with E-state index >= 15 is 0 Å².